The van der Waals surface area contributed by atoms with E-state index in [4.69, 9.17) is 4.74 Å². The van der Waals surface area contributed by atoms with E-state index in [1.165, 1.54) is 38.4 Å². The lowest BCUT2D eigenvalue weighted by Crippen LogP contribution is -2.30. The Morgan fingerprint density at radius 1 is 1.16 bits per heavy atom. The molecule has 8 nitrogen and oxygen atoms in total. The molecule has 2 aliphatic heterocycles. The molecule has 2 aromatic rings. The SMILES string of the molecule is COc1ccc(S(=O)(=O)N(C)c2cccc3c2OC(F)(F)O3)cc1N1CCCNCC1. The topological polar surface area (TPSA) is 80.3 Å². The number of fused-ring (bicyclic) bond motifs is 1. The number of alkyl halides is 2. The van der Waals surface area contributed by atoms with Crippen molar-refractivity contribution in [3.05, 3.63) is 36.4 Å². The lowest BCUT2D eigenvalue weighted by atomic mass is 10.2. The number of para-hydroxylation sites is 1. The van der Waals surface area contributed by atoms with E-state index in [0.29, 0.717) is 18.0 Å². The van der Waals surface area contributed by atoms with Crippen LogP contribution in [0.1, 0.15) is 6.42 Å². The summed E-state index contributed by atoms with van der Waals surface area (Å²) in [6.45, 7) is 3.09. The molecule has 0 aromatic heterocycles. The van der Waals surface area contributed by atoms with E-state index in [0.717, 1.165) is 30.4 Å². The molecule has 2 heterocycles. The Bertz CT molecular complexity index is 1070. The Hall–Kier alpha value is -2.79. The number of rotatable bonds is 5. The van der Waals surface area contributed by atoms with E-state index >= 15 is 0 Å². The molecule has 0 amide bonds. The fourth-order valence-corrected chi connectivity index (χ4v) is 4.87. The quantitative estimate of drug-likeness (QED) is 0.743. The average molecular weight is 455 g/mol. The molecule has 168 valence electrons. The van der Waals surface area contributed by atoms with Crippen LogP contribution in [-0.2, 0) is 10.0 Å². The molecule has 2 aromatic carbocycles. The van der Waals surface area contributed by atoms with Gasteiger partial charge >= 0.3 is 6.29 Å². The maximum Gasteiger partial charge on any atom is 0.586 e. The van der Waals surface area contributed by atoms with Crippen molar-refractivity contribution in [3.63, 3.8) is 0 Å². The number of hydrogen-bond donors (Lipinski definition) is 1. The van der Waals surface area contributed by atoms with Crippen molar-refractivity contribution < 1.29 is 31.4 Å². The van der Waals surface area contributed by atoms with Crippen LogP contribution in [0.25, 0.3) is 0 Å². The zero-order valence-corrected chi connectivity index (χ0v) is 17.9. The molecule has 1 fully saturated rings. The monoisotopic (exact) mass is 455 g/mol. The first-order valence-electron chi connectivity index (χ1n) is 9.74. The van der Waals surface area contributed by atoms with Gasteiger partial charge in [0.25, 0.3) is 10.0 Å². The van der Waals surface area contributed by atoms with Gasteiger partial charge < -0.3 is 24.4 Å². The van der Waals surface area contributed by atoms with E-state index in [1.807, 2.05) is 0 Å². The first kappa shape index (κ1) is 21.4. The standard InChI is InChI=1S/C20H23F2N3O5S/c1-24(15-5-3-6-18-19(15)30-20(21,22)29-18)31(26,27)14-7-8-17(28-2)16(13-14)25-11-4-9-23-10-12-25/h3,5-8,13,23H,4,9-12H2,1-2H3. The van der Waals surface area contributed by atoms with Crippen LogP contribution in [0.4, 0.5) is 20.2 Å². The van der Waals surface area contributed by atoms with Crippen molar-refractivity contribution in [3.8, 4) is 17.2 Å². The highest BCUT2D eigenvalue weighted by molar-refractivity contribution is 7.92. The molecular weight excluding hydrogens is 432 g/mol. The van der Waals surface area contributed by atoms with Gasteiger partial charge in [-0.25, -0.2) is 8.42 Å². The van der Waals surface area contributed by atoms with Crippen molar-refractivity contribution in [2.24, 2.45) is 0 Å². The second kappa shape index (κ2) is 8.04. The van der Waals surface area contributed by atoms with Gasteiger partial charge in [0, 0.05) is 26.7 Å². The van der Waals surface area contributed by atoms with Gasteiger partial charge in [-0.05, 0) is 43.3 Å². The van der Waals surface area contributed by atoms with E-state index in [-0.39, 0.29) is 22.1 Å². The molecule has 31 heavy (non-hydrogen) atoms. The van der Waals surface area contributed by atoms with Crippen LogP contribution in [0.3, 0.4) is 0 Å². The second-order valence-corrected chi connectivity index (χ2v) is 9.14. The van der Waals surface area contributed by atoms with Crippen LogP contribution in [0.2, 0.25) is 0 Å². The van der Waals surface area contributed by atoms with E-state index in [2.05, 4.69) is 19.7 Å². The molecule has 4 rings (SSSR count). The molecule has 0 bridgehead atoms. The van der Waals surface area contributed by atoms with Gasteiger partial charge in [0.05, 0.1) is 23.4 Å². The Morgan fingerprint density at radius 2 is 1.97 bits per heavy atom. The van der Waals surface area contributed by atoms with Crippen LogP contribution >= 0.6 is 0 Å². The highest BCUT2D eigenvalue weighted by atomic mass is 32.2. The van der Waals surface area contributed by atoms with Crippen molar-refractivity contribution in [1.82, 2.24) is 5.32 Å². The highest BCUT2D eigenvalue weighted by Gasteiger charge is 2.45. The summed E-state index contributed by atoms with van der Waals surface area (Å²) in [5.74, 6) is 0.00317. The number of hydrogen-bond acceptors (Lipinski definition) is 7. The van der Waals surface area contributed by atoms with Crippen molar-refractivity contribution in [1.29, 1.82) is 0 Å². The zero-order valence-electron chi connectivity index (χ0n) is 17.1. The Morgan fingerprint density at radius 3 is 2.74 bits per heavy atom. The summed E-state index contributed by atoms with van der Waals surface area (Å²) >= 11 is 0. The van der Waals surface area contributed by atoms with Crippen molar-refractivity contribution >= 4 is 21.4 Å². The molecular formula is C20H23F2N3O5S. The lowest BCUT2D eigenvalue weighted by molar-refractivity contribution is -0.286. The molecule has 11 heteroatoms. The number of methoxy groups -OCH3 is 1. The minimum atomic E-state index is -4.09. The maximum absolute atomic E-state index is 13.5. The predicted octanol–water partition coefficient (Wildman–Crippen LogP) is 2.64. The van der Waals surface area contributed by atoms with Crippen molar-refractivity contribution in [2.45, 2.75) is 17.6 Å². The third-order valence-electron chi connectivity index (χ3n) is 5.24. The number of halogens is 2. The summed E-state index contributed by atoms with van der Waals surface area (Å²) < 4.78 is 69.2. The molecule has 0 aliphatic carbocycles. The Balaban J connectivity index is 1.71. The first-order chi connectivity index (χ1) is 14.7. The minimum Gasteiger partial charge on any atom is -0.495 e. The summed E-state index contributed by atoms with van der Waals surface area (Å²) in [4.78, 5) is 2.07. The van der Waals surface area contributed by atoms with E-state index in [9.17, 15) is 17.2 Å². The van der Waals surface area contributed by atoms with Crippen LogP contribution in [0.5, 0.6) is 17.2 Å². The number of nitrogens with one attached hydrogen (secondary N) is 1. The van der Waals surface area contributed by atoms with Gasteiger partial charge in [-0.1, -0.05) is 6.07 Å². The third-order valence-corrected chi connectivity index (χ3v) is 7.00. The van der Waals surface area contributed by atoms with Crippen LogP contribution in [-0.4, -0.2) is 55.0 Å². The maximum atomic E-state index is 13.5. The van der Waals surface area contributed by atoms with E-state index < -0.39 is 16.3 Å². The number of anilines is 2. The van der Waals surface area contributed by atoms with Crippen molar-refractivity contribution in [2.75, 3.05) is 49.5 Å². The zero-order chi connectivity index (χ0) is 22.2. The fraction of sp³-hybridized carbons (Fsp3) is 0.400. The molecule has 0 saturated carbocycles. The van der Waals surface area contributed by atoms with Gasteiger partial charge in [-0.3, -0.25) is 4.31 Å². The normalized spacial score (nSPS) is 17.9. The number of ether oxygens (including phenoxy) is 3. The molecule has 0 radical (unpaired) electrons. The minimum absolute atomic E-state index is 0.00582. The molecule has 1 N–H and O–H groups in total. The Kier molecular flexibility index (Phi) is 5.56. The Labute approximate surface area is 179 Å². The van der Waals surface area contributed by atoms with Crippen LogP contribution in [0.15, 0.2) is 41.3 Å². The molecule has 0 spiro atoms. The first-order valence-corrected chi connectivity index (χ1v) is 11.2. The van der Waals surface area contributed by atoms with Crippen LogP contribution in [0, 0.1) is 0 Å². The van der Waals surface area contributed by atoms with Gasteiger partial charge in [-0.15, -0.1) is 8.78 Å². The number of nitrogens with zero attached hydrogens (tertiary/aromatic N) is 2. The molecule has 2 aliphatic rings. The summed E-state index contributed by atoms with van der Waals surface area (Å²) in [7, 11) is -1.28. The van der Waals surface area contributed by atoms with Crippen LogP contribution < -0.4 is 28.7 Å². The predicted molar refractivity (Wildman–Crippen MR) is 111 cm³/mol. The lowest BCUT2D eigenvalue weighted by Gasteiger charge is -2.26. The summed E-state index contributed by atoms with van der Waals surface area (Å²) in [5, 5.41) is 3.30. The number of sulfonamides is 1. The molecule has 1 saturated heterocycles. The average Bonchev–Trinajstić information content (AvgIpc) is 2.91. The van der Waals surface area contributed by atoms with Gasteiger partial charge in [-0.2, -0.15) is 0 Å². The molecule has 0 unspecified atom stereocenters. The fourth-order valence-electron chi connectivity index (χ4n) is 3.65. The largest absolute Gasteiger partial charge is 0.586 e. The molecule has 0 atom stereocenters. The second-order valence-electron chi connectivity index (χ2n) is 7.17. The summed E-state index contributed by atoms with van der Waals surface area (Å²) in [5.41, 5.74) is 0.607. The summed E-state index contributed by atoms with van der Waals surface area (Å²) in [6, 6.07) is 8.67. The number of benzene rings is 2. The highest BCUT2D eigenvalue weighted by Crippen LogP contribution is 2.47. The van der Waals surface area contributed by atoms with E-state index in [1.54, 1.807) is 12.1 Å². The smallest absolute Gasteiger partial charge is 0.495 e. The summed E-state index contributed by atoms with van der Waals surface area (Å²) in [6.07, 6.45) is -2.95. The third kappa shape index (κ3) is 4.07. The van der Waals surface area contributed by atoms with Gasteiger partial charge in [0.15, 0.2) is 11.5 Å². The van der Waals surface area contributed by atoms with Gasteiger partial charge in [0.2, 0.25) is 0 Å². The van der Waals surface area contributed by atoms with Gasteiger partial charge in [0.1, 0.15) is 5.75 Å².